The first kappa shape index (κ1) is 13.5. The minimum Gasteiger partial charge on any atom is -0.358 e. The van der Waals surface area contributed by atoms with Crippen LogP contribution in [0.3, 0.4) is 0 Å². The maximum Gasteiger partial charge on any atom is 0.236 e. The molecule has 3 nitrogen and oxygen atoms in total. The van der Waals surface area contributed by atoms with Crippen LogP contribution >= 0.6 is 27.5 Å². The van der Waals surface area contributed by atoms with Gasteiger partial charge in [-0.3, -0.25) is 4.79 Å². The van der Waals surface area contributed by atoms with E-state index in [-0.39, 0.29) is 11.9 Å². The van der Waals surface area contributed by atoms with Gasteiger partial charge in [0.15, 0.2) is 0 Å². The fourth-order valence-electron chi connectivity index (χ4n) is 1.25. The van der Waals surface area contributed by atoms with Gasteiger partial charge in [-0.2, -0.15) is 0 Å². The lowest BCUT2D eigenvalue weighted by Crippen LogP contribution is -2.40. The Balaban J connectivity index is 2.60. The highest BCUT2D eigenvalue weighted by Gasteiger charge is 2.10. The van der Waals surface area contributed by atoms with Crippen LogP contribution < -0.4 is 10.6 Å². The largest absolute Gasteiger partial charge is 0.358 e. The lowest BCUT2D eigenvalue weighted by atomic mass is 10.2. The lowest BCUT2D eigenvalue weighted by Gasteiger charge is -2.13. The van der Waals surface area contributed by atoms with Crippen molar-refractivity contribution in [3.05, 3.63) is 33.3 Å². The number of amides is 1. The molecule has 0 aliphatic rings. The van der Waals surface area contributed by atoms with Crippen molar-refractivity contribution in [1.82, 2.24) is 10.6 Å². The molecule has 0 aliphatic heterocycles. The van der Waals surface area contributed by atoms with Gasteiger partial charge in [0.2, 0.25) is 5.91 Å². The summed E-state index contributed by atoms with van der Waals surface area (Å²) in [5.41, 5.74) is 0.965. The summed E-state index contributed by atoms with van der Waals surface area (Å²) in [5.74, 6) is -0.0360. The van der Waals surface area contributed by atoms with E-state index < -0.39 is 0 Å². The van der Waals surface area contributed by atoms with Crippen LogP contribution in [0.5, 0.6) is 0 Å². The number of rotatable bonds is 4. The molecule has 0 fully saturated rings. The molecule has 88 valence electrons. The number of hydrogen-bond donors (Lipinski definition) is 2. The van der Waals surface area contributed by atoms with Gasteiger partial charge in [-0.25, -0.2) is 0 Å². The second kappa shape index (κ2) is 6.23. The van der Waals surface area contributed by atoms with Crippen LogP contribution in [-0.4, -0.2) is 19.0 Å². The SMILES string of the molecule is CNC(=O)[C@@H](C)NCc1cc(Br)ccc1Cl. The monoisotopic (exact) mass is 304 g/mol. The van der Waals surface area contributed by atoms with E-state index in [4.69, 9.17) is 11.6 Å². The molecule has 0 unspecified atom stereocenters. The summed E-state index contributed by atoms with van der Waals surface area (Å²) >= 11 is 9.41. The third-order valence-electron chi connectivity index (χ3n) is 2.25. The van der Waals surface area contributed by atoms with Crippen molar-refractivity contribution in [3.63, 3.8) is 0 Å². The van der Waals surface area contributed by atoms with Crippen molar-refractivity contribution in [2.45, 2.75) is 19.5 Å². The van der Waals surface area contributed by atoms with Crippen LogP contribution in [0, 0.1) is 0 Å². The Kier molecular flexibility index (Phi) is 5.25. The molecule has 16 heavy (non-hydrogen) atoms. The molecule has 0 heterocycles. The molecule has 0 saturated carbocycles. The Morgan fingerprint density at radius 2 is 2.25 bits per heavy atom. The Hall–Kier alpha value is -0.580. The number of carbonyl (C=O) groups is 1. The zero-order valence-electron chi connectivity index (χ0n) is 9.18. The first-order valence-electron chi connectivity index (χ1n) is 4.93. The highest BCUT2D eigenvalue weighted by Crippen LogP contribution is 2.20. The number of benzene rings is 1. The highest BCUT2D eigenvalue weighted by molar-refractivity contribution is 9.10. The normalized spacial score (nSPS) is 12.2. The lowest BCUT2D eigenvalue weighted by molar-refractivity contribution is -0.122. The van der Waals surface area contributed by atoms with E-state index >= 15 is 0 Å². The van der Waals surface area contributed by atoms with Gasteiger partial charge in [0, 0.05) is 23.1 Å². The van der Waals surface area contributed by atoms with Gasteiger partial charge in [-0.15, -0.1) is 0 Å². The first-order chi connectivity index (χ1) is 7.54. The molecule has 1 aromatic carbocycles. The zero-order chi connectivity index (χ0) is 12.1. The molecule has 0 aromatic heterocycles. The Bertz CT molecular complexity index is 384. The van der Waals surface area contributed by atoms with Crippen LogP contribution in [0.15, 0.2) is 22.7 Å². The molecule has 0 spiro atoms. The highest BCUT2D eigenvalue weighted by atomic mass is 79.9. The van der Waals surface area contributed by atoms with Crippen LogP contribution in [0.2, 0.25) is 5.02 Å². The van der Waals surface area contributed by atoms with Crippen molar-refractivity contribution >= 4 is 33.4 Å². The molecule has 1 amide bonds. The first-order valence-corrected chi connectivity index (χ1v) is 6.10. The van der Waals surface area contributed by atoms with Gasteiger partial charge < -0.3 is 10.6 Å². The van der Waals surface area contributed by atoms with Gasteiger partial charge >= 0.3 is 0 Å². The number of likely N-dealkylation sites (N-methyl/N-ethyl adjacent to an activating group) is 1. The molecular formula is C11H14BrClN2O. The quantitative estimate of drug-likeness (QED) is 0.896. The van der Waals surface area contributed by atoms with Crippen molar-refractivity contribution in [2.75, 3.05) is 7.05 Å². The van der Waals surface area contributed by atoms with Crippen LogP contribution in [0.4, 0.5) is 0 Å². The molecule has 1 rings (SSSR count). The van der Waals surface area contributed by atoms with Crippen molar-refractivity contribution in [2.24, 2.45) is 0 Å². The second-order valence-corrected chi connectivity index (χ2v) is 4.78. The molecule has 0 aliphatic carbocycles. The standard InChI is InChI=1S/C11H14BrClN2O/c1-7(11(16)14-2)15-6-8-5-9(12)3-4-10(8)13/h3-5,7,15H,6H2,1-2H3,(H,14,16)/t7-/m1/s1. The van der Waals surface area contributed by atoms with Gasteiger partial charge in [-0.1, -0.05) is 27.5 Å². The molecule has 0 radical (unpaired) electrons. The van der Waals surface area contributed by atoms with E-state index in [1.807, 2.05) is 25.1 Å². The van der Waals surface area contributed by atoms with E-state index in [0.29, 0.717) is 11.6 Å². The van der Waals surface area contributed by atoms with Crippen molar-refractivity contribution < 1.29 is 4.79 Å². The molecular weight excluding hydrogens is 291 g/mol. The summed E-state index contributed by atoms with van der Waals surface area (Å²) in [6.07, 6.45) is 0. The molecule has 1 aromatic rings. The number of halogens is 2. The number of carbonyl (C=O) groups excluding carboxylic acids is 1. The van der Waals surface area contributed by atoms with Crippen LogP contribution in [0.25, 0.3) is 0 Å². The molecule has 0 saturated heterocycles. The predicted molar refractivity (Wildman–Crippen MR) is 69.5 cm³/mol. The maximum absolute atomic E-state index is 11.3. The number of hydrogen-bond acceptors (Lipinski definition) is 2. The fourth-order valence-corrected chi connectivity index (χ4v) is 1.84. The smallest absolute Gasteiger partial charge is 0.236 e. The van der Waals surface area contributed by atoms with E-state index in [1.54, 1.807) is 7.05 Å². The third kappa shape index (κ3) is 3.77. The summed E-state index contributed by atoms with van der Waals surface area (Å²) in [7, 11) is 1.62. The van der Waals surface area contributed by atoms with Gasteiger partial charge in [-0.05, 0) is 30.7 Å². The fraction of sp³-hybridized carbons (Fsp3) is 0.364. The minimum absolute atomic E-state index is 0.0360. The summed E-state index contributed by atoms with van der Waals surface area (Å²) in [6, 6.07) is 5.41. The predicted octanol–water partition coefficient (Wildman–Crippen LogP) is 2.33. The Morgan fingerprint density at radius 1 is 1.56 bits per heavy atom. The van der Waals surface area contributed by atoms with Crippen molar-refractivity contribution in [1.29, 1.82) is 0 Å². The Labute approximate surface area is 109 Å². The summed E-state index contributed by atoms with van der Waals surface area (Å²) in [4.78, 5) is 11.3. The van der Waals surface area contributed by atoms with E-state index in [9.17, 15) is 4.79 Å². The van der Waals surface area contributed by atoms with Crippen LogP contribution in [-0.2, 0) is 11.3 Å². The van der Waals surface area contributed by atoms with E-state index in [0.717, 1.165) is 10.0 Å². The Morgan fingerprint density at radius 3 is 2.88 bits per heavy atom. The van der Waals surface area contributed by atoms with E-state index in [1.165, 1.54) is 0 Å². The third-order valence-corrected chi connectivity index (χ3v) is 3.11. The zero-order valence-corrected chi connectivity index (χ0v) is 11.5. The topological polar surface area (TPSA) is 41.1 Å². The van der Waals surface area contributed by atoms with E-state index in [2.05, 4.69) is 26.6 Å². The summed E-state index contributed by atoms with van der Waals surface area (Å²) in [5, 5.41) is 6.38. The van der Waals surface area contributed by atoms with Crippen LogP contribution in [0.1, 0.15) is 12.5 Å². The van der Waals surface area contributed by atoms with Crippen molar-refractivity contribution in [3.8, 4) is 0 Å². The average Bonchev–Trinajstić information content (AvgIpc) is 2.28. The van der Waals surface area contributed by atoms with Gasteiger partial charge in [0.25, 0.3) is 0 Å². The summed E-state index contributed by atoms with van der Waals surface area (Å²) < 4.78 is 0.973. The number of nitrogens with one attached hydrogen (secondary N) is 2. The molecule has 5 heteroatoms. The molecule has 0 bridgehead atoms. The van der Waals surface area contributed by atoms with Gasteiger partial charge in [0.1, 0.15) is 0 Å². The molecule has 1 atom stereocenters. The second-order valence-electron chi connectivity index (χ2n) is 3.45. The molecule has 2 N–H and O–H groups in total. The average molecular weight is 306 g/mol. The van der Waals surface area contributed by atoms with Gasteiger partial charge in [0.05, 0.1) is 6.04 Å². The summed E-state index contributed by atoms with van der Waals surface area (Å²) in [6.45, 7) is 2.37. The maximum atomic E-state index is 11.3. The minimum atomic E-state index is -0.236.